The molecule has 0 spiro atoms. The zero-order valence-corrected chi connectivity index (χ0v) is 14.9. The molecule has 0 aliphatic heterocycles. The lowest BCUT2D eigenvalue weighted by molar-refractivity contribution is -0.144. The van der Waals surface area contributed by atoms with Crippen molar-refractivity contribution in [2.24, 2.45) is 0 Å². The van der Waals surface area contributed by atoms with Gasteiger partial charge in [0.25, 0.3) is 0 Å². The number of halogens is 2. The van der Waals surface area contributed by atoms with Gasteiger partial charge in [0.1, 0.15) is 23.3 Å². The van der Waals surface area contributed by atoms with Crippen molar-refractivity contribution in [3.8, 4) is 17.2 Å². The highest BCUT2D eigenvalue weighted by Crippen LogP contribution is 2.31. The number of benzene rings is 2. The molecule has 3 aromatic rings. The highest BCUT2D eigenvalue weighted by Gasteiger charge is 2.15. The zero-order chi connectivity index (χ0) is 18.8. The van der Waals surface area contributed by atoms with E-state index in [0.29, 0.717) is 10.0 Å². The van der Waals surface area contributed by atoms with Gasteiger partial charge in [-0.3, -0.25) is 4.79 Å². The minimum atomic E-state index is -1.10. The van der Waals surface area contributed by atoms with Crippen molar-refractivity contribution >= 4 is 40.1 Å². The normalized spacial score (nSPS) is 12.0. The number of fused-ring (bicyclic) bond motifs is 1. The average Bonchev–Trinajstić information content (AvgIpc) is 2.60. The van der Waals surface area contributed by atoms with Crippen LogP contribution in [-0.2, 0) is 4.79 Å². The van der Waals surface area contributed by atoms with Crippen LogP contribution in [0.15, 0.2) is 51.9 Å². The van der Waals surface area contributed by atoms with Gasteiger partial charge < -0.3 is 19.0 Å². The van der Waals surface area contributed by atoms with Crippen LogP contribution in [0, 0.1) is 0 Å². The van der Waals surface area contributed by atoms with Gasteiger partial charge in [-0.15, -0.1) is 0 Å². The van der Waals surface area contributed by atoms with Gasteiger partial charge in [-0.1, -0.05) is 23.2 Å². The summed E-state index contributed by atoms with van der Waals surface area (Å²) in [5.41, 5.74) is -0.185. The van der Waals surface area contributed by atoms with E-state index in [1.54, 1.807) is 12.1 Å². The summed E-state index contributed by atoms with van der Waals surface area (Å²) in [5, 5.41) is 9.83. The standard InChI is InChI=1S/C18H12Cl2O6/c1-9(18(22)23)25-11-3-4-12-14(7-11)24-8-16(17(12)21)26-15-6-10(19)2-5-13(15)20/h2-9H,1H3,(H,22,23). The average molecular weight is 395 g/mol. The van der Waals surface area contributed by atoms with Crippen LogP contribution in [0.3, 0.4) is 0 Å². The van der Waals surface area contributed by atoms with Crippen LogP contribution in [0.1, 0.15) is 6.92 Å². The first kappa shape index (κ1) is 18.1. The summed E-state index contributed by atoms with van der Waals surface area (Å²) in [6.45, 7) is 1.40. The van der Waals surface area contributed by atoms with Crippen molar-refractivity contribution in [3.05, 3.63) is 62.9 Å². The fourth-order valence-corrected chi connectivity index (χ4v) is 2.48. The molecule has 2 aromatic carbocycles. The van der Waals surface area contributed by atoms with E-state index >= 15 is 0 Å². The number of carbonyl (C=O) groups is 1. The minimum absolute atomic E-state index is 0.0609. The molecular formula is C18H12Cl2O6. The Bertz CT molecular complexity index is 1040. The maximum absolute atomic E-state index is 12.6. The Morgan fingerprint density at radius 3 is 2.65 bits per heavy atom. The molecule has 1 unspecified atom stereocenters. The van der Waals surface area contributed by atoms with Gasteiger partial charge in [0.05, 0.1) is 10.4 Å². The molecule has 1 N–H and O–H groups in total. The number of hydrogen-bond donors (Lipinski definition) is 1. The molecule has 8 heteroatoms. The number of hydrogen-bond acceptors (Lipinski definition) is 5. The number of aliphatic carboxylic acids is 1. The maximum Gasteiger partial charge on any atom is 0.344 e. The predicted molar refractivity (Wildman–Crippen MR) is 96.7 cm³/mol. The van der Waals surface area contributed by atoms with Crippen molar-refractivity contribution in [1.82, 2.24) is 0 Å². The highest BCUT2D eigenvalue weighted by molar-refractivity contribution is 6.34. The van der Waals surface area contributed by atoms with Gasteiger partial charge in [0.15, 0.2) is 6.10 Å². The molecule has 0 amide bonds. The number of carboxylic acids is 1. The largest absolute Gasteiger partial charge is 0.479 e. The van der Waals surface area contributed by atoms with Crippen molar-refractivity contribution in [2.75, 3.05) is 0 Å². The molecule has 1 aromatic heterocycles. The summed E-state index contributed by atoms with van der Waals surface area (Å²) < 4.78 is 16.2. The van der Waals surface area contributed by atoms with Gasteiger partial charge in [-0.05, 0) is 31.2 Å². The molecule has 26 heavy (non-hydrogen) atoms. The van der Waals surface area contributed by atoms with E-state index < -0.39 is 17.5 Å². The van der Waals surface area contributed by atoms with E-state index in [-0.39, 0.29) is 28.2 Å². The lowest BCUT2D eigenvalue weighted by atomic mass is 10.2. The van der Waals surface area contributed by atoms with Crippen LogP contribution in [0.4, 0.5) is 0 Å². The Labute approximate surface area is 157 Å². The van der Waals surface area contributed by atoms with Crippen LogP contribution >= 0.6 is 23.2 Å². The van der Waals surface area contributed by atoms with Crippen LogP contribution in [0.2, 0.25) is 10.0 Å². The molecule has 0 fully saturated rings. The lowest BCUT2D eigenvalue weighted by Crippen LogP contribution is -2.22. The van der Waals surface area contributed by atoms with Crippen molar-refractivity contribution in [1.29, 1.82) is 0 Å². The summed E-state index contributed by atoms with van der Waals surface area (Å²) >= 11 is 11.9. The molecule has 1 heterocycles. The number of ether oxygens (including phenoxy) is 2. The van der Waals surface area contributed by atoms with E-state index in [1.807, 2.05) is 0 Å². The Morgan fingerprint density at radius 2 is 1.92 bits per heavy atom. The molecule has 0 bridgehead atoms. The molecular weight excluding hydrogens is 383 g/mol. The van der Waals surface area contributed by atoms with Crippen LogP contribution in [0.25, 0.3) is 11.0 Å². The highest BCUT2D eigenvalue weighted by atomic mass is 35.5. The third-order valence-electron chi connectivity index (χ3n) is 3.49. The SMILES string of the molecule is CC(Oc1ccc2c(=O)c(Oc3cc(Cl)ccc3Cl)coc2c1)C(=O)O. The van der Waals surface area contributed by atoms with Gasteiger partial charge in [-0.25, -0.2) is 4.79 Å². The third-order valence-corrected chi connectivity index (χ3v) is 4.04. The molecule has 134 valence electrons. The zero-order valence-electron chi connectivity index (χ0n) is 13.4. The van der Waals surface area contributed by atoms with E-state index in [0.717, 1.165) is 6.26 Å². The number of carboxylic acid groups (broad SMARTS) is 1. The first-order valence-electron chi connectivity index (χ1n) is 7.43. The monoisotopic (exact) mass is 394 g/mol. The molecule has 0 radical (unpaired) electrons. The summed E-state index contributed by atoms with van der Waals surface area (Å²) in [4.78, 5) is 23.4. The summed E-state index contributed by atoms with van der Waals surface area (Å²) in [6.07, 6.45) is 0.110. The molecule has 0 aliphatic rings. The van der Waals surface area contributed by atoms with E-state index in [1.165, 1.54) is 31.2 Å². The second kappa shape index (κ2) is 7.27. The lowest BCUT2D eigenvalue weighted by Gasteiger charge is -2.11. The first-order valence-corrected chi connectivity index (χ1v) is 8.18. The molecule has 0 aliphatic carbocycles. The smallest absolute Gasteiger partial charge is 0.344 e. The van der Waals surface area contributed by atoms with Crippen molar-refractivity contribution in [3.63, 3.8) is 0 Å². The topological polar surface area (TPSA) is 86.0 Å². The number of rotatable bonds is 5. The quantitative estimate of drug-likeness (QED) is 0.672. The maximum atomic E-state index is 12.6. The summed E-state index contributed by atoms with van der Waals surface area (Å²) in [7, 11) is 0. The third kappa shape index (κ3) is 3.76. The Morgan fingerprint density at radius 1 is 1.15 bits per heavy atom. The van der Waals surface area contributed by atoms with Gasteiger partial charge in [0, 0.05) is 17.2 Å². The van der Waals surface area contributed by atoms with Gasteiger partial charge in [0.2, 0.25) is 11.2 Å². The fourth-order valence-electron chi connectivity index (χ4n) is 2.16. The minimum Gasteiger partial charge on any atom is -0.479 e. The van der Waals surface area contributed by atoms with Crippen LogP contribution in [-0.4, -0.2) is 17.2 Å². The molecule has 6 nitrogen and oxygen atoms in total. The van der Waals surface area contributed by atoms with E-state index in [9.17, 15) is 9.59 Å². The summed E-state index contributed by atoms with van der Waals surface area (Å²) in [5.74, 6) is -0.675. The van der Waals surface area contributed by atoms with Gasteiger partial charge in [-0.2, -0.15) is 0 Å². The molecule has 0 saturated carbocycles. The van der Waals surface area contributed by atoms with Gasteiger partial charge >= 0.3 is 5.97 Å². The molecule has 3 rings (SSSR count). The predicted octanol–water partition coefficient (Wildman–Crippen LogP) is 4.74. The second-order valence-corrected chi connectivity index (χ2v) is 6.21. The Balaban J connectivity index is 1.95. The fraction of sp³-hybridized carbons (Fsp3) is 0.111. The summed E-state index contributed by atoms with van der Waals surface area (Å²) in [6, 6.07) is 9.02. The van der Waals surface area contributed by atoms with Crippen molar-refractivity contribution < 1.29 is 23.8 Å². The first-order chi connectivity index (χ1) is 12.3. The van der Waals surface area contributed by atoms with E-state index in [4.69, 9.17) is 42.2 Å². The second-order valence-electron chi connectivity index (χ2n) is 5.36. The Kier molecular flexibility index (Phi) is 5.06. The molecule has 0 saturated heterocycles. The van der Waals surface area contributed by atoms with E-state index in [2.05, 4.69) is 0 Å². The van der Waals surface area contributed by atoms with Crippen LogP contribution < -0.4 is 14.9 Å². The van der Waals surface area contributed by atoms with Crippen LogP contribution in [0.5, 0.6) is 17.2 Å². The molecule has 1 atom stereocenters. The van der Waals surface area contributed by atoms with Crippen molar-refractivity contribution in [2.45, 2.75) is 13.0 Å². The Hall–Kier alpha value is -2.70.